The van der Waals surface area contributed by atoms with E-state index in [1.807, 2.05) is 67.6 Å². The molecule has 23 heavy (non-hydrogen) atoms. The number of carbonyl (C=O) groups excluding carboxylic acids is 1. The van der Waals surface area contributed by atoms with E-state index in [1.54, 1.807) is 6.08 Å². The van der Waals surface area contributed by atoms with Crippen LogP contribution in [0.4, 0.5) is 0 Å². The van der Waals surface area contributed by atoms with Crippen molar-refractivity contribution < 1.29 is 9.53 Å². The Morgan fingerprint density at radius 1 is 1.09 bits per heavy atom. The van der Waals surface area contributed by atoms with E-state index in [2.05, 4.69) is 20.9 Å². The molecule has 0 unspecified atom stereocenters. The molecule has 1 aliphatic rings. The Bertz CT molecular complexity index is 818. The number of benzene rings is 2. The normalized spacial score (nSPS) is 16.4. The van der Waals surface area contributed by atoms with Gasteiger partial charge in [0.2, 0.25) is 5.90 Å². The van der Waals surface area contributed by atoms with Crippen LogP contribution in [0.15, 0.2) is 81.4 Å². The summed E-state index contributed by atoms with van der Waals surface area (Å²) in [6.07, 6.45) is 3.73. The smallest absolute Gasteiger partial charge is 0.363 e. The maximum absolute atomic E-state index is 12.0. The second-order valence-corrected chi connectivity index (χ2v) is 6.06. The quantitative estimate of drug-likeness (QED) is 0.580. The van der Waals surface area contributed by atoms with Gasteiger partial charge in [-0.05, 0) is 48.4 Å². The van der Waals surface area contributed by atoms with Gasteiger partial charge in [0.15, 0.2) is 5.70 Å². The molecule has 3 rings (SSSR count). The second-order valence-electron chi connectivity index (χ2n) is 5.14. The molecule has 0 fully saturated rings. The van der Waals surface area contributed by atoms with Crippen molar-refractivity contribution in [2.75, 3.05) is 0 Å². The van der Waals surface area contributed by atoms with Crippen LogP contribution < -0.4 is 0 Å². The maximum atomic E-state index is 12.0. The summed E-state index contributed by atoms with van der Waals surface area (Å²) in [4.78, 5) is 16.3. The first kappa shape index (κ1) is 15.4. The molecule has 0 spiro atoms. The van der Waals surface area contributed by atoms with Crippen molar-refractivity contribution in [2.45, 2.75) is 6.92 Å². The molecule has 114 valence electrons. The van der Waals surface area contributed by atoms with Crippen LogP contribution in [-0.2, 0) is 9.53 Å². The largest absolute Gasteiger partial charge is 0.402 e. The van der Waals surface area contributed by atoms with Gasteiger partial charge in [0.1, 0.15) is 0 Å². The lowest BCUT2D eigenvalue weighted by Crippen LogP contribution is -2.05. The summed E-state index contributed by atoms with van der Waals surface area (Å²) in [6.45, 7) is 1.93. The first-order valence-corrected chi connectivity index (χ1v) is 7.93. The van der Waals surface area contributed by atoms with Crippen LogP contribution >= 0.6 is 15.9 Å². The molecule has 3 nitrogen and oxygen atoms in total. The molecule has 0 bridgehead atoms. The number of nitrogens with zero attached hydrogens (tertiary/aromatic N) is 1. The number of hydrogen-bond donors (Lipinski definition) is 0. The Morgan fingerprint density at radius 3 is 2.48 bits per heavy atom. The highest BCUT2D eigenvalue weighted by Crippen LogP contribution is 2.20. The van der Waals surface area contributed by atoms with Crippen LogP contribution in [-0.4, -0.2) is 11.9 Å². The van der Waals surface area contributed by atoms with Crippen molar-refractivity contribution in [3.05, 3.63) is 87.5 Å². The van der Waals surface area contributed by atoms with Crippen LogP contribution in [0.3, 0.4) is 0 Å². The summed E-state index contributed by atoms with van der Waals surface area (Å²) in [6, 6.07) is 17.4. The fourth-order valence-corrected chi connectivity index (χ4v) is 2.46. The van der Waals surface area contributed by atoms with Crippen molar-refractivity contribution in [3.8, 4) is 0 Å². The molecule has 0 amide bonds. The zero-order valence-corrected chi connectivity index (χ0v) is 14.1. The Balaban J connectivity index is 1.86. The summed E-state index contributed by atoms with van der Waals surface area (Å²) in [5, 5.41) is 0. The van der Waals surface area contributed by atoms with E-state index in [0.29, 0.717) is 11.6 Å². The number of allylic oxidation sites excluding steroid dienone is 2. The van der Waals surface area contributed by atoms with Crippen LogP contribution in [0.5, 0.6) is 0 Å². The molecular formula is C19H14BrNO2. The maximum Gasteiger partial charge on any atom is 0.363 e. The van der Waals surface area contributed by atoms with E-state index in [-0.39, 0.29) is 0 Å². The van der Waals surface area contributed by atoms with Crippen LogP contribution in [0.25, 0.3) is 6.08 Å². The number of halogens is 1. The highest BCUT2D eigenvalue weighted by atomic mass is 79.9. The first-order chi connectivity index (χ1) is 11.1. The molecule has 4 heteroatoms. The van der Waals surface area contributed by atoms with Crippen LogP contribution in [0.2, 0.25) is 0 Å². The number of rotatable bonds is 3. The van der Waals surface area contributed by atoms with Crippen molar-refractivity contribution in [1.82, 2.24) is 0 Å². The Labute approximate surface area is 143 Å². The van der Waals surface area contributed by atoms with Gasteiger partial charge in [-0.1, -0.05) is 52.3 Å². The van der Waals surface area contributed by atoms with Gasteiger partial charge in [-0.3, -0.25) is 0 Å². The van der Waals surface area contributed by atoms with Gasteiger partial charge < -0.3 is 4.74 Å². The zero-order chi connectivity index (χ0) is 16.2. The monoisotopic (exact) mass is 367 g/mol. The average Bonchev–Trinajstić information content (AvgIpc) is 2.90. The third-order valence-electron chi connectivity index (χ3n) is 3.27. The first-order valence-electron chi connectivity index (χ1n) is 7.14. The number of cyclic esters (lactones) is 1. The van der Waals surface area contributed by atoms with E-state index in [9.17, 15) is 4.79 Å². The van der Waals surface area contributed by atoms with E-state index < -0.39 is 5.97 Å². The van der Waals surface area contributed by atoms with Gasteiger partial charge in [-0.25, -0.2) is 9.79 Å². The molecule has 1 heterocycles. The topological polar surface area (TPSA) is 38.7 Å². The minimum absolute atomic E-state index is 0.313. The van der Waals surface area contributed by atoms with E-state index in [0.717, 1.165) is 21.2 Å². The number of carbonyl (C=O) groups is 1. The minimum atomic E-state index is -0.427. The summed E-state index contributed by atoms with van der Waals surface area (Å²) < 4.78 is 6.21. The molecule has 2 aromatic rings. The van der Waals surface area contributed by atoms with Gasteiger partial charge in [0.25, 0.3) is 0 Å². The standard InChI is InChI=1S/C19H14BrNO2/c1-13(11-14-5-3-2-4-6-14)12-17-19(22)23-18(21-17)15-7-9-16(20)10-8-15/h2-12H,1H3/b13-11-,17-12+. The van der Waals surface area contributed by atoms with Gasteiger partial charge in [0.05, 0.1) is 0 Å². The van der Waals surface area contributed by atoms with E-state index in [4.69, 9.17) is 4.74 Å². The van der Waals surface area contributed by atoms with Gasteiger partial charge in [-0.2, -0.15) is 0 Å². The lowest BCUT2D eigenvalue weighted by Gasteiger charge is -1.98. The third kappa shape index (κ3) is 3.85. The number of esters is 1. The molecule has 2 aromatic carbocycles. The fraction of sp³-hybridized carbons (Fsp3) is 0.0526. The van der Waals surface area contributed by atoms with Crippen molar-refractivity contribution >= 4 is 33.9 Å². The predicted octanol–water partition coefficient (Wildman–Crippen LogP) is 4.74. The summed E-state index contributed by atoms with van der Waals surface area (Å²) in [7, 11) is 0. The van der Waals surface area contributed by atoms with Crippen LogP contribution in [0.1, 0.15) is 18.1 Å². The molecule has 1 aliphatic heterocycles. The van der Waals surface area contributed by atoms with Gasteiger partial charge >= 0.3 is 5.97 Å². The van der Waals surface area contributed by atoms with Crippen molar-refractivity contribution in [3.63, 3.8) is 0 Å². The molecule has 0 N–H and O–H groups in total. The Hall–Kier alpha value is -2.46. The SMILES string of the molecule is CC(=C/c1ccccc1)/C=C1/N=C(c2ccc(Br)cc2)OC1=O. The summed E-state index contributed by atoms with van der Waals surface area (Å²) in [5.74, 6) is -0.0926. The fourth-order valence-electron chi connectivity index (χ4n) is 2.19. The van der Waals surface area contributed by atoms with Crippen LogP contribution in [0, 0.1) is 0 Å². The summed E-state index contributed by atoms with van der Waals surface area (Å²) >= 11 is 3.38. The second kappa shape index (κ2) is 6.75. The third-order valence-corrected chi connectivity index (χ3v) is 3.80. The molecule has 0 saturated heterocycles. The lowest BCUT2D eigenvalue weighted by atomic mass is 10.1. The molecule has 0 aliphatic carbocycles. The number of hydrogen-bond acceptors (Lipinski definition) is 3. The molecule has 0 saturated carbocycles. The Kier molecular flexibility index (Phi) is 4.53. The van der Waals surface area contributed by atoms with Crippen molar-refractivity contribution in [2.24, 2.45) is 4.99 Å². The highest BCUT2D eigenvalue weighted by molar-refractivity contribution is 9.10. The highest BCUT2D eigenvalue weighted by Gasteiger charge is 2.23. The molecule has 0 atom stereocenters. The number of aliphatic imine (C=N–C) groups is 1. The van der Waals surface area contributed by atoms with Gasteiger partial charge in [0, 0.05) is 10.0 Å². The zero-order valence-electron chi connectivity index (χ0n) is 12.5. The molecule has 0 aromatic heterocycles. The molecule has 0 radical (unpaired) electrons. The Morgan fingerprint density at radius 2 is 1.78 bits per heavy atom. The predicted molar refractivity (Wildman–Crippen MR) is 94.9 cm³/mol. The minimum Gasteiger partial charge on any atom is -0.402 e. The number of ether oxygens (including phenoxy) is 1. The van der Waals surface area contributed by atoms with E-state index >= 15 is 0 Å². The van der Waals surface area contributed by atoms with Gasteiger partial charge in [-0.15, -0.1) is 0 Å². The average molecular weight is 368 g/mol. The molecular weight excluding hydrogens is 354 g/mol. The van der Waals surface area contributed by atoms with Crippen molar-refractivity contribution in [1.29, 1.82) is 0 Å². The van der Waals surface area contributed by atoms with E-state index in [1.165, 1.54) is 0 Å². The summed E-state index contributed by atoms with van der Waals surface area (Å²) in [5.41, 5.74) is 3.09. The lowest BCUT2D eigenvalue weighted by molar-refractivity contribution is -0.130.